The van der Waals surface area contributed by atoms with Gasteiger partial charge >= 0.3 is 0 Å². The predicted octanol–water partition coefficient (Wildman–Crippen LogP) is 5.68. The van der Waals surface area contributed by atoms with E-state index in [0.717, 1.165) is 65.3 Å². The highest BCUT2D eigenvalue weighted by Gasteiger charge is 2.67. The summed E-state index contributed by atoms with van der Waals surface area (Å²) in [5.74, 6) is -0.768. The fourth-order valence-corrected chi connectivity index (χ4v) is 11.3. The van der Waals surface area contributed by atoms with E-state index in [9.17, 15) is 29.2 Å². The van der Waals surface area contributed by atoms with Crippen molar-refractivity contribution in [2.75, 3.05) is 24.5 Å². The van der Waals surface area contributed by atoms with Gasteiger partial charge in [-0.05, 0) is 84.3 Å². The van der Waals surface area contributed by atoms with Crippen LogP contribution >= 0.6 is 11.6 Å². The summed E-state index contributed by atoms with van der Waals surface area (Å²) < 4.78 is 6.49. The van der Waals surface area contributed by atoms with Crippen LogP contribution in [0.25, 0.3) is 0 Å². The van der Waals surface area contributed by atoms with E-state index in [0.29, 0.717) is 53.0 Å². The Labute approximate surface area is 336 Å². The molecule has 12 nitrogen and oxygen atoms in total. The Morgan fingerprint density at radius 1 is 0.807 bits per heavy atom. The second kappa shape index (κ2) is 13.4. The van der Waals surface area contributed by atoms with Gasteiger partial charge in [0.15, 0.2) is 0 Å². The molecule has 3 aromatic rings. The molecule has 2 saturated heterocycles. The molecule has 1 atom stereocenters. The van der Waals surface area contributed by atoms with Crippen molar-refractivity contribution in [3.63, 3.8) is 0 Å². The minimum absolute atomic E-state index is 0.0470. The van der Waals surface area contributed by atoms with Gasteiger partial charge in [-0.3, -0.25) is 39.1 Å². The van der Waals surface area contributed by atoms with Gasteiger partial charge in [-0.1, -0.05) is 39.3 Å². The van der Waals surface area contributed by atoms with Crippen molar-refractivity contribution < 1.29 is 28.7 Å². The smallest absolute Gasteiger partial charge is 0.262 e. The monoisotopic (exact) mass is 788 g/mol. The quantitative estimate of drug-likeness (QED) is 0.299. The van der Waals surface area contributed by atoms with Gasteiger partial charge in [0.25, 0.3) is 17.7 Å². The number of rotatable bonds is 7. The zero-order valence-corrected chi connectivity index (χ0v) is 33.3. The summed E-state index contributed by atoms with van der Waals surface area (Å²) in [5.41, 5.74) is 5.41. The Morgan fingerprint density at radius 2 is 1.47 bits per heavy atom. The predicted molar refractivity (Wildman–Crippen MR) is 210 cm³/mol. The van der Waals surface area contributed by atoms with E-state index in [1.165, 1.54) is 0 Å². The van der Waals surface area contributed by atoms with Gasteiger partial charge in [-0.15, -0.1) is 0 Å². The third-order valence-corrected chi connectivity index (χ3v) is 13.7. The number of amides is 5. The summed E-state index contributed by atoms with van der Waals surface area (Å²) >= 11 is 6.30. The molecular weight excluding hydrogens is 744 g/mol. The van der Waals surface area contributed by atoms with E-state index >= 15 is 0 Å². The lowest BCUT2D eigenvalue weighted by Crippen LogP contribution is -2.74. The van der Waals surface area contributed by atoms with Crippen LogP contribution in [0.3, 0.4) is 0 Å². The third kappa shape index (κ3) is 6.00. The Kier molecular flexibility index (Phi) is 8.79. The number of nitriles is 1. The number of anilines is 1. The normalized spacial score (nSPS) is 25.2. The average molecular weight is 789 g/mol. The standard InChI is InChI=1S/C44H45ClN6O6/c1-43(2)41(44(3,4)42(43)57-30-7-5-25(19-46)34(45)18-30)50-23-28-15-29(6-8-31(28)38(50)54)49-13-11-24(12-14-49)20-48-21-26-16-32-33(17-27(26)22-48)40(56)51(39(32)55)35-9-10-36(52)47-37(35)53/h5-8,15-18,24,35,41-42H,9-14,20-23H2,1-4H3,(H,47,52,53)/t35?,41-,42-. The van der Waals surface area contributed by atoms with Gasteiger partial charge in [-0.2, -0.15) is 5.26 Å². The van der Waals surface area contributed by atoms with Gasteiger partial charge in [0.1, 0.15) is 24.0 Å². The lowest BCUT2D eigenvalue weighted by atomic mass is 9.49. The van der Waals surface area contributed by atoms with Crippen LogP contribution in [0.1, 0.15) is 107 Å². The van der Waals surface area contributed by atoms with Crippen LogP contribution in [0.2, 0.25) is 5.02 Å². The molecule has 5 amide bonds. The fraction of sp³-hybridized carbons (Fsp3) is 0.455. The molecule has 0 radical (unpaired) electrons. The van der Waals surface area contributed by atoms with E-state index in [1.54, 1.807) is 18.2 Å². The Balaban J connectivity index is 0.802. The summed E-state index contributed by atoms with van der Waals surface area (Å²) in [6.45, 7) is 13.3. The highest BCUT2D eigenvalue weighted by atomic mass is 35.5. The first-order chi connectivity index (χ1) is 27.1. The van der Waals surface area contributed by atoms with E-state index in [1.807, 2.05) is 23.1 Å². The lowest BCUT2D eigenvalue weighted by molar-refractivity contribution is -0.199. The van der Waals surface area contributed by atoms with Crippen LogP contribution in [0, 0.1) is 28.1 Å². The van der Waals surface area contributed by atoms with Crippen LogP contribution in [-0.4, -0.2) is 82.1 Å². The maximum absolute atomic E-state index is 13.9. The Bertz CT molecular complexity index is 2260. The Hall–Kier alpha value is -5.25. The van der Waals surface area contributed by atoms with Crippen LogP contribution in [0.15, 0.2) is 48.5 Å². The molecule has 3 aromatic carbocycles. The molecule has 1 saturated carbocycles. The third-order valence-electron chi connectivity index (χ3n) is 13.4. The van der Waals surface area contributed by atoms with Crippen LogP contribution in [0.4, 0.5) is 5.69 Å². The number of nitrogens with one attached hydrogen (secondary N) is 1. The van der Waals surface area contributed by atoms with Gasteiger partial charge < -0.3 is 14.5 Å². The first-order valence-electron chi connectivity index (χ1n) is 19.8. The number of hydrogen-bond acceptors (Lipinski definition) is 9. The molecule has 57 heavy (non-hydrogen) atoms. The van der Waals surface area contributed by atoms with Gasteiger partial charge in [0.2, 0.25) is 11.8 Å². The second-order valence-electron chi connectivity index (χ2n) is 17.8. The van der Waals surface area contributed by atoms with Crippen LogP contribution < -0.4 is 15.0 Å². The molecular formula is C44H45ClN6O6. The number of carbonyl (C=O) groups excluding carboxylic acids is 5. The highest BCUT2D eigenvalue weighted by Crippen LogP contribution is 2.59. The molecule has 294 valence electrons. The molecule has 0 bridgehead atoms. The van der Waals surface area contributed by atoms with Crippen molar-refractivity contribution in [2.24, 2.45) is 16.7 Å². The Morgan fingerprint density at radius 3 is 2.09 bits per heavy atom. The molecule has 0 aromatic heterocycles. The molecule has 1 unspecified atom stereocenters. The zero-order chi connectivity index (χ0) is 40.1. The van der Waals surface area contributed by atoms with E-state index in [-0.39, 0.29) is 47.6 Å². The number of halogens is 1. The molecule has 0 spiro atoms. The van der Waals surface area contributed by atoms with E-state index in [4.69, 9.17) is 16.3 Å². The van der Waals surface area contributed by atoms with E-state index in [2.05, 4.69) is 61.0 Å². The van der Waals surface area contributed by atoms with Crippen molar-refractivity contribution in [1.82, 2.24) is 20.0 Å². The van der Waals surface area contributed by atoms with E-state index < -0.39 is 23.8 Å². The van der Waals surface area contributed by atoms with Crippen molar-refractivity contribution in [2.45, 2.75) is 91.2 Å². The maximum Gasteiger partial charge on any atom is 0.262 e. The molecule has 3 fully saturated rings. The number of imide groups is 2. The topological polar surface area (TPSA) is 143 Å². The molecule has 1 aliphatic carbocycles. The van der Waals surface area contributed by atoms with Crippen LogP contribution in [0.5, 0.6) is 5.75 Å². The summed E-state index contributed by atoms with van der Waals surface area (Å²) in [5, 5.41) is 11.9. The summed E-state index contributed by atoms with van der Waals surface area (Å²) in [4.78, 5) is 72.6. The molecule has 9 rings (SSSR count). The lowest BCUT2D eigenvalue weighted by Gasteiger charge is -2.65. The number of fused-ring (bicyclic) bond motifs is 3. The van der Waals surface area contributed by atoms with Crippen molar-refractivity contribution in [3.05, 3.63) is 92.5 Å². The number of hydrogen-bond donors (Lipinski definition) is 1. The molecule has 6 aliphatic rings. The van der Waals surface area contributed by atoms with Gasteiger partial charge in [0.05, 0.1) is 21.7 Å². The number of carbonyl (C=O) groups is 5. The summed E-state index contributed by atoms with van der Waals surface area (Å²) in [6.07, 6.45) is 2.12. The number of piperidine rings is 2. The number of nitrogens with zero attached hydrogens (tertiary/aromatic N) is 5. The van der Waals surface area contributed by atoms with Crippen molar-refractivity contribution >= 4 is 46.8 Å². The zero-order valence-electron chi connectivity index (χ0n) is 32.6. The molecule has 13 heteroatoms. The molecule has 1 N–H and O–H groups in total. The molecule has 5 heterocycles. The van der Waals surface area contributed by atoms with Crippen molar-refractivity contribution in [1.29, 1.82) is 5.26 Å². The summed E-state index contributed by atoms with van der Waals surface area (Å²) in [7, 11) is 0. The number of ether oxygens (including phenoxy) is 1. The average Bonchev–Trinajstić information content (AvgIpc) is 3.79. The number of benzene rings is 3. The van der Waals surface area contributed by atoms with Crippen LogP contribution in [-0.2, 0) is 29.2 Å². The minimum atomic E-state index is -0.967. The second-order valence-corrected chi connectivity index (χ2v) is 18.2. The highest BCUT2D eigenvalue weighted by molar-refractivity contribution is 6.31. The largest absolute Gasteiger partial charge is 0.489 e. The maximum atomic E-state index is 13.9. The fourth-order valence-electron chi connectivity index (χ4n) is 11.1. The van der Waals surface area contributed by atoms with Gasteiger partial charge in [0, 0.05) is 79.9 Å². The molecule has 5 aliphatic heterocycles. The van der Waals surface area contributed by atoms with Crippen molar-refractivity contribution in [3.8, 4) is 11.8 Å². The first kappa shape index (κ1) is 37.3. The first-order valence-corrected chi connectivity index (χ1v) is 20.2. The minimum Gasteiger partial charge on any atom is -0.489 e. The van der Waals surface area contributed by atoms with Gasteiger partial charge in [-0.25, -0.2) is 0 Å². The summed E-state index contributed by atoms with van der Waals surface area (Å²) in [6, 6.07) is 16.1. The SMILES string of the molecule is CC1(C)[C@H](Oc2ccc(C#N)c(Cl)c2)C(C)(C)[C@H]1N1Cc2cc(N3CCC(CN4Cc5cc6c(cc5C4)C(=O)N(C4CCC(=O)NC4=O)C6=O)CC3)ccc2C1=O.